The number of hydrogen-bond acceptors (Lipinski definition) is 3. The molecule has 23 heavy (non-hydrogen) atoms. The zero-order chi connectivity index (χ0) is 17.1. The summed E-state index contributed by atoms with van der Waals surface area (Å²) < 4.78 is 3.05. The van der Waals surface area contributed by atoms with Crippen LogP contribution in [0.15, 0.2) is 32.2 Å². The first kappa shape index (κ1) is 17.7. The molecule has 0 spiro atoms. The number of rotatable bonds is 4. The molecular weight excluding hydrogens is 426 g/mol. The highest BCUT2D eigenvalue weighted by molar-refractivity contribution is 9.11. The van der Waals surface area contributed by atoms with E-state index in [0.29, 0.717) is 14.5 Å². The molecule has 7 heteroatoms. The molecular formula is C16H17Br2N3O2. The Morgan fingerprint density at radius 2 is 1.91 bits per heavy atom. The van der Waals surface area contributed by atoms with E-state index in [9.17, 15) is 9.90 Å². The molecule has 0 atom stereocenters. The van der Waals surface area contributed by atoms with Crippen LogP contribution in [0.5, 0.6) is 5.75 Å². The van der Waals surface area contributed by atoms with E-state index in [1.807, 2.05) is 19.9 Å². The first-order chi connectivity index (χ1) is 10.8. The Morgan fingerprint density at radius 3 is 2.43 bits per heavy atom. The van der Waals surface area contributed by atoms with Gasteiger partial charge >= 0.3 is 0 Å². The lowest BCUT2D eigenvalue weighted by Gasteiger charge is -2.05. The van der Waals surface area contributed by atoms with Crippen LogP contribution in [-0.4, -0.2) is 21.8 Å². The van der Waals surface area contributed by atoms with Crippen LogP contribution in [-0.2, 0) is 6.54 Å². The summed E-state index contributed by atoms with van der Waals surface area (Å²) in [5, 5.41) is 13.7. The molecule has 1 amide bonds. The number of aryl methyl sites for hydroxylation is 1. The first-order valence-electron chi connectivity index (χ1n) is 7.03. The molecule has 2 N–H and O–H groups in total. The number of carbonyl (C=O) groups excluding carboxylic acids is 1. The minimum atomic E-state index is -0.355. The molecule has 122 valence electrons. The van der Waals surface area contributed by atoms with Gasteiger partial charge in [0.2, 0.25) is 0 Å². The molecule has 0 bridgehead atoms. The fourth-order valence-electron chi connectivity index (χ4n) is 2.37. The van der Waals surface area contributed by atoms with E-state index in [1.165, 1.54) is 12.1 Å². The van der Waals surface area contributed by atoms with Gasteiger partial charge in [0.25, 0.3) is 5.91 Å². The Balaban J connectivity index is 2.13. The molecule has 1 aromatic heterocycles. The zero-order valence-electron chi connectivity index (χ0n) is 13.0. The zero-order valence-corrected chi connectivity index (χ0v) is 16.2. The number of phenolic OH excluding ortho intramolecular Hbond substituents is 1. The predicted octanol–water partition coefficient (Wildman–Crippen LogP) is 4.12. The Labute approximate surface area is 151 Å². The van der Waals surface area contributed by atoms with E-state index < -0.39 is 0 Å². The molecule has 0 fully saturated rings. The summed E-state index contributed by atoms with van der Waals surface area (Å²) in [4.78, 5) is 12.1. The van der Waals surface area contributed by atoms with Crippen molar-refractivity contribution in [2.45, 2.75) is 27.3 Å². The molecule has 0 aliphatic carbocycles. The van der Waals surface area contributed by atoms with Crippen molar-refractivity contribution in [3.8, 4) is 5.75 Å². The van der Waals surface area contributed by atoms with Gasteiger partial charge in [0.05, 0.1) is 15.2 Å². The molecule has 5 nitrogen and oxygen atoms in total. The number of benzene rings is 1. The fourth-order valence-corrected chi connectivity index (χ4v) is 3.55. The van der Waals surface area contributed by atoms with Crippen molar-refractivity contribution in [3.05, 3.63) is 49.7 Å². The van der Waals surface area contributed by atoms with Gasteiger partial charge in [0, 0.05) is 29.1 Å². The van der Waals surface area contributed by atoms with E-state index in [2.05, 4.69) is 53.9 Å². The van der Waals surface area contributed by atoms with E-state index in [0.717, 1.165) is 23.5 Å². The van der Waals surface area contributed by atoms with Crippen LogP contribution < -0.4 is 5.43 Å². The number of amides is 1. The largest absolute Gasteiger partial charge is 0.506 e. The van der Waals surface area contributed by atoms with Gasteiger partial charge in [-0.1, -0.05) is 0 Å². The number of nitrogens with one attached hydrogen (secondary N) is 1. The lowest BCUT2D eigenvalue weighted by atomic mass is 10.2. The lowest BCUT2D eigenvalue weighted by molar-refractivity contribution is 0.0955. The number of phenols is 1. The number of hydrazone groups is 1. The van der Waals surface area contributed by atoms with Crippen LogP contribution in [0.2, 0.25) is 0 Å². The van der Waals surface area contributed by atoms with E-state index in [-0.39, 0.29) is 11.7 Å². The normalized spacial score (nSPS) is 11.2. The fraction of sp³-hybridized carbons (Fsp3) is 0.250. The minimum absolute atomic E-state index is 0.0528. The molecule has 0 aliphatic heterocycles. The summed E-state index contributed by atoms with van der Waals surface area (Å²) in [6, 6.07) is 5.10. The highest BCUT2D eigenvalue weighted by atomic mass is 79.9. The molecule has 0 radical (unpaired) electrons. The monoisotopic (exact) mass is 441 g/mol. The molecule has 0 unspecified atom stereocenters. The maximum Gasteiger partial charge on any atom is 0.271 e. The van der Waals surface area contributed by atoms with Crippen molar-refractivity contribution >= 4 is 44.0 Å². The second-order valence-electron chi connectivity index (χ2n) is 5.06. The summed E-state index contributed by atoms with van der Waals surface area (Å²) in [5.74, 6) is -0.302. The summed E-state index contributed by atoms with van der Waals surface area (Å²) in [5.41, 5.74) is 6.12. The maximum atomic E-state index is 12.1. The molecule has 0 saturated carbocycles. The van der Waals surface area contributed by atoms with Crippen LogP contribution in [0.4, 0.5) is 0 Å². The maximum absolute atomic E-state index is 12.1. The van der Waals surface area contributed by atoms with Gasteiger partial charge in [-0.05, 0) is 70.8 Å². The second-order valence-corrected chi connectivity index (χ2v) is 6.77. The highest BCUT2D eigenvalue weighted by Gasteiger charge is 2.11. The standard InChI is InChI=1S/C16H17Br2N3O2/c1-4-21-9(2)5-12(10(21)3)8-19-20-16(23)11-6-13(17)15(22)14(18)7-11/h5-8,22H,4H2,1-3H3,(H,20,23)/b19-8-. The van der Waals surface area contributed by atoms with Gasteiger partial charge < -0.3 is 9.67 Å². The van der Waals surface area contributed by atoms with Crippen molar-refractivity contribution in [1.29, 1.82) is 0 Å². The molecule has 0 saturated heterocycles. The van der Waals surface area contributed by atoms with Gasteiger partial charge in [-0.25, -0.2) is 5.43 Å². The SMILES string of the molecule is CCn1c(C)cc(/C=N\NC(=O)c2cc(Br)c(O)c(Br)c2)c1C. The van der Waals surface area contributed by atoms with Crippen molar-refractivity contribution < 1.29 is 9.90 Å². The number of hydrogen-bond donors (Lipinski definition) is 2. The number of carbonyl (C=O) groups is 1. The number of aromatic nitrogens is 1. The number of halogens is 2. The van der Waals surface area contributed by atoms with E-state index in [1.54, 1.807) is 6.21 Å². The molecule has 1 aromatic carbocycles. The smallest absolute Gasteiger partial charge is 0.271 e. The third-order valence-electron chi connectivity index (χ3n) is 3.58. The van der Waals surface area contributed by atoms with Gasteiger partial charge in [-0.2, -0.15) is 5.10 Å². The van der Waals surface area contributed by atoms with Crippen molar-refractivity contribution in [1.82, 2.24) is 9.99 Å². The molecule has 2 rings (SSSR count). The summed E-state index contributed by atoms with van der Waals surface area (Å²) in [7, 11) is 0. The third kappa shape index (κ3) is 3.84. The summed E-state index contributed by atoms with van der Waals surface area (Å²) >= 11 is 6.39. The topological polar surface area (TPSA) is 66.6 Å². The quantitative estimate of drug-likeness (QED) is 0.552. The van der Waals surface area contributed by atoms with Crippen LogP contribution in [0.1, 0.15) is 34.2 Å². The van der Waals surface area contributed by atoms with E-state index >= 15 is 0 Å². The number of aromatic hydroxyl groups is 1. The Hall–Kier alpha value is -1.60. The van der Waals surface area contributed by atoms with Crippen molar-refractivity contribution in [3.63, 3.8) is 0 Å². The Kier molecular flexibility index (Phi) is 5.64. The van der Waals surface area contributed by atoms with Crippen LogP contribution in [0.25, 0.3) is 0 Å². The van der Waals surface area contributed by atoms with Crippen LogP contribution >= 0.6 is 31.9 Å². The predicted molar refractivity (Wildman–Crippen MR) is 98.1 cm³/mol. The molecule has 1 heterocycles. The van der Waals surface area contributed by atoms with E-state index in [4.69, 9.17) is 0 Å². The average molecular weight is 443 g/mol. The third-order valence-corrected chi connectivity index (χ3v) is 4.79. The second kappa shape index (κ2) is 7.31. The van der Waals surface area contributed by atoms with Gasteiger partial charge in [-0.15, -0.1) is 0 Å². The first-order valence-corrected chi connectivity index (χ1v) is 8.61. The van der Waals surface area contributed by atoms with Crippen LogP contribution in [0.3, 0.4) is 0 Å². The molecule has 0 aliphatic rings. The number of nitrogens with zero attached hydrogens (tertiary/aromatic N) is 2. The Morgan fingerprint density at radius 1 is 1.30 bits per heavy atom. The van der Waals surface area contributed by atoms with Crippen LogP contribution in [0, 0.1) is 13.8 Å². The summed E-state index contributed by atoms with van der Waals surface area (Å²) in [6.45, 7) is 7.04. The molecule has 2 aromatic rings. The minimum Gasteiger partial charge on any atom is -0.506 e. The lowest BCUT2D eigenvalue weighted by Crippen LogP contribution is -2.17. The highest BCUT2D eigenvalue weighted by Crippen LogP contribution is 2.33. The van der Waals surface area contributed by atoms with Gasteiger partial charge in [0.15, 0.2) is 0 Å². The average Bonchev–Trinajstić information content (AvgIpc) is 2.78. The summed E-state index contributed by atoms with van der Waals surface area (Å²) in [6.07, 6.45) is 1.64. The van der Waals surface area contributed by atoms with Gasteiger partial charge in [-0.3, -0.25) is 4.79 Å². The Bertz CT molecular complexity index is 759. The van der Waals surface area contributed by atoms with Crippen molar-refractivity contribution in [2.75, 3.05) is 0 Å². The van der Waals surface area contributed by atoms with Crippen molar-refractivity contribution in [2.24, 2.45) is 5.10 Å². The van der Waals surface area contributed by atoms with Gasteiger partial charge in [0.1, 0.15) is 5.75 Å².